The Hall–Kier alpha value is -0.250. The van der Waals surface area contributed by atoms with Gasteiger partial charge in [-0.25, -0.2) is 0 Å². The lowest BCUT2D eigenvalue weighted by Gasteiger charge is -2.33. The summed E-state index contributed by atoms with van der Waals surface area (Å²) in [6.07, 6.45) is 2.54. The molecule has 0 aliphatic carbocycles. The molecule has 1 saturated heterocycles. The number of benzene rings is 1. The molecule has 1 aromatic rings. The molecule has 0 amide bonds. The van der Waals surface area contributed by atoms with Crippen LogP contribution in [0.3, 0.4) is 0 Å². The van der Waals surface area contributed by atoms with Crippen molar-refractivity contribution in [2.24, 2.45) is 0 Å². The highest BCUT2D eigenvalue weighted by molar-refractivity contribution is 9.10. The largest absolute Gasteiger partial charge is 0.381 e. The Balaban J connectivity index is 2.11. The van der Waals surface area contributed by atoms with Crippen molar-refractivity contribution in [3.8, 4) is 0 Å². The van der Waals surface area contributed by atoms with Gasteiger partial charge in [0.2, 0.25) is 0 Å². The summed E-state index contributed by atoms with van der Waals surface area (Å²) < 4.78 is 6.32. The predicted octanol–water partition coefficient (Wildman–Crippen LogP) is 3.72. The van der Waals surface area contributed by atoms with E-state index < -0.39 is 0 Å². The van der Waals surface area contributed by atoms with E-state index in [2.05, 4.69) is 26.9 Å². The number of hydrogen-bond acceptors (Lipinski definition) is 2. The summed E-state index contributed by atoms with van der Waals surface area (Å²) in [5.74, 6) is 0. The summed E-state index contributed by atoms with van der Waals surface area (Å²) in [7, 11) is 1.78. The Kier molecular flexibility index (Phi) is 4.11. The van der Waals surface area contributed by atoms with E-state index in [9.17, 15) is 0 Å². The minimum atomic E-state index is 0.405. The number of methoxy groups -OCH3 is 1. The highest BCUT2D eigenvalue weighted by atomic mass is 79.9. The lowest BCUT2D eigenvalue weighted by Crippen LogP contribution is -2.36. The number of ether oxygens (including phenoxy) is 1. The van der Waals surface area contributed by atoms with Crippen molar-refractivity contribution < 1.29 is 4.74 Å². The zero-order valence-corrected chi connectivity index (χ0v) is 11.6. The van der Waals surface area contributed by atoms with Gasteiger partial charge in [0.25, 0.3) is 0 Å². The second-order valence-corrected chi connectivity index (χ2v) is 5.23. The normalized spacial score (nSPS) is 17.8. The van der Waals surface area contributed by atoms with Crippen LogP contribution in [0.25, 0.3) is 0 Å². The molecule has 0 unspecified atom stereocenters. The van der Waals surface area contributed by atoms with Crippen LogP contribution in [0.4, 0.5) is 5.69 Å². The number of anilines is 1. The first-order valence-corrected chi connectivity index (χ1v) is 6.61. The molecule has 0 bridgehead atoms. The van der Waals surface area contributed by atoms with Gasteiger partial charge in [-0.3, -0.25) is 0 Å². The molecule has 0 spiro atoms. The van der Waals surface area contributed by atoms with Gasteiger partial charge in [0, 0.05) is 24.7 Å². The Morgan fingerprint density at radius 1 is 1.38 bits per heavy atom. The Morgan fingerprint density at radius 3 is 2.69 bits per heavy atom. The summed E-state index contributed by atoms with van der Waals surface area (Å²) in [5.41, 5.74) is 1.12. The zero-order valence-electron chi connectivity index (χ0n) is 9.25. The van der Waals surface area contributed by atoms with Crippen molar-refractivity contribution in [2.45, 2.75) is 18.9 Å². The van der Waals surface area contributed by atoms with E-state index in [4.69, 9.17) is 16.3 Å². The number of hydrogen-bond donors (Lipinski definition) is 0. The van der Waals surface area contributed by atoms with Crippen molar-refractivity contribution in [1.82, 2.24) is 0 Å². The molecule has 1 aliphatic rings. The van der Waals surface area contributed by atoms with Gasteiger partial charge >= 0.3 is 0 Å². The lowest BCUT2D eigenvalue weighted by atomic mass is 10.1. The summed E-state index contributed by atoms with van der Waals surface area (Å²) in [6, 6.07) is 6.06. The van der Waals surface area contributed by atoms with E-state index in [1.54, 1.807) is 7.11 Å². The van der Waals surface area contributed by atoms with Gasteiger partial charge in [-0.15, -0.1) is 0 Å². The minimum Gasteiger partial charge on any atom is -0.381 e. The van der Waals surface area contributed by atoms with E-state index in [-0.39, 0.29) is 0 Å². The molecule has 88 valence electrons. The number of nitrogens with zero attached hydrogens (tertiary/aromatic N) is 1. The maximum atomic E-state index is 6.28. The molecule has 1 aliphatic heterocycles. The molecule has 0 atom stereocenters. The third-order valence-corrected chi connectivity index (χ3v) is 4.33. The molecule has 1 aromatic carbocycles. The molecule has 1 fully saturated rings. The minimum absolute atomic E-state index is 0.405. The molecular formula is C12H15BrClNO. The molecule has 1 heterocycles. The molecule has 0 N–H and O–H groups in total. The molecule has 4 heteroatoms. The van der Waals surface area contributed by atoms with Crippen molar-refractivity contribution in [3.63, 3.8) is 0 Å². The van der Waals surface area contributed by atoms with Gasteiger partial charge in [0.15, 0.2) is 0 Å². The van der Waals surface area contributed by atoms with Crippen LogP contribution in [0.1, 0.15) is 12.8 Å². The maximum Gasteiger partial charge on any atom is 0.0781 e. The van der Waals surface area contributed by atoms with Crippen LogP contribution >= 0.6 is 27.5 Å². The monoisotopic (exact) mass is 303 g/mol. The molecule has 0 saturated carbocycles. The number of piperidine rings is 1. The fraction of sp³-hybridized carbons (Fsp3) is 0.500. The second-order valence-electron chi connectivity index (χ2n) is 4.00. The molecular weight excluding hydrogens is 289 g/mol. The molecule has 0 radical (unpaired) electrons. The summed E-state index contributed by atoms with van der Waals surface area (Å²) in [5, 5.41) is 0.804. The second kappa shape index (κ2) is 5.39. The van der Waals surface area contributed by atoms with Crippen LogP contribution in [0.5, 0.6) is 0 Å². The smallest absolute Gasteiger partial charge is 0.0781 e. The van der Waals surface area contributed by atoms with Crippen LogP contribution in [0.2, 0.25) is 5.02 Å². The maximum absolute atomic E-state index is 6.28. The average molecular weight is 305 g/mol. The van der Waals surface area contributed by atoms with Gasteiger partial charge in [0.05, 0.1) is 16.8 Å². The first-order valence-electron chi connectivity index (χ1n) is 5.44. The van der Waals surface area contributed by atoms with Crippen LogP contribution in [-0.2, 0) is 4.74 Å². The van der Waals surface area contributed by atoms with Crippen LogP contribution in [0.15, 0.2) is 22.7 Å². The summed E-state index contributed by atoms with van der Waals surface area (Å²) >= 11 is 9.73. The van der Waals surface area contributed by atoms with E-state index in [0.717, 1.165) is 41.1 Å². The zero-order chi connectivity index (χ0) is 11.5. The topological polar surface area (TPSA) is 12.5 Å². The number of rotatable bonds is 2. The Bertz CT molecular complexity index is 364. The number of halogens is 2. The summed E-state index contributed by atoms with van der Waals surface area (Å²) in [6.45, 7) is 2.02. The van der Waals surface area contributed by atoms with Crippen LogP contribution < -0.4 is 4.90 Å². The Morgan fingerprint density at radius 2 is 2.06 bits per heavy atom. The van der Waals surface area contributed by atoms with Crippen molar-refractivity contribution in [2.75, 3.05) is 25.1 Å². The molecule has 2 nitrogen and oxygen atoms in total. The van der Waals surface area contributed by atoms with Crippen molar-refractivity contribution in [1.29, 1.82) is 0 Å². The van der Waals surface area contributed by atoms with Crippen LogP contribution in [0, 0.1) is 0 Å². The van der Waals surface area contributed by atoms with Gasteiger partial charge < -0.3 is 9.64 Å². The Labute approximate surface area is 110 Å². The van der Waals surface area contributed by atoms with E-state index in [1.165, 1.54) is 0 Å². The quantitative estimate of drug-likeness (QED) is 0.826. The third kappa shape index (κ3) is 2.53. The van der Waals surface area contributed by atoms with E-state index in [0.29, 0.717) is 6.10 Å². The fourth-order valence-corrected chi connectivity index (χ4v) is 2.67. The first kappa shape index (κ1) is 12.2. The predicted molar refractivity (Wildman–Crippen MR) is 71.4 cm³/mol. The fourth-order valence-electron chi connectivity index (χ4n) is 2.07. The first-order chi connectivity index (χ1) is 7.72. The standard InChI is InChI=1S/C12H15BrClNO/c1-16-9-5-7-15(8-6-9)11-4-2-3-10(13)12(11)14/h2-4,9H,5-8H2,1H3. The highest BCUT2D eigenvalue weighted by Crippen LogP contribution is 2.34. The van der Waals surface area contributed by atoms with E-state index >= 15 is 0 Å². The van der Waals surface area contributed by atoms with Gasteiger partial charge in [-0.05, 0) is 40.9 Å². The highest BCUT2D eigenvalue weighted by Gasteiger charge is 2.20. The van der Waals surface area contributed by atoms with Gasteiger partial charge in [-0.2, -0.15) is 0 Å². The molecule has 2 rings (SSSR count). The van der Waals surface area contributed by atoms with Gasteiger partial charge in [-0.1, -0.05) is 17.7 Å². The van der Waals surface area contributed by atoms with Crippen molar-refractivity contribution >= 4 is 33.2 Å². The SMILES string of the molecule is COC1CCN(c2cccc(Br)c2Cl)CC1. The van der Waals surface area contributed by atoms with Gasteiger partial charge in [0.1, 0.15) is 0 Å². The molecule has 16 heavy (non-hydrogen) atoms. The summed E-state index contributed by atoms with van der Waals surface area (Å²) in [4.78, 5) is 2.32. The van der Waals surface area contributed by atoms with Crippen molar-refractivity contribution in [3.05, 3.63) is 27.7 Å². The molecule has 0 aromatic heterocycles. The van der Waals surface area contributed by atoms with E-state index in [1.807, 2.05) is 12.1 Å². The van der Waals surface area contributed by atoms with Crippen LogP contribution in [-0.4, -0.2) is 26.3 Å². The lowest BCUT2D eigenvalue weighted by molar-refractivity contribution is 0.0819. The third-order valence-electron chi connectivity index (χ3n) is 3.05. The average Bonchev–Trinajstić information content (AvgIpc) is 2.33.